The van der Waals surface area contributed by atoms with Gasteiger partial charge in [-0.05, 0) is 43.5 Å². The summed E-state index contributed by atoms with van der Waals surface area (Å²) in [6, 6.07) is 8.06. The average Bonchev–Trinajstić information content (AvgIpc) is 2.47. The second-order valence-corrected chi connectivity index (χ2v) is 6.82. The molecule has 2 aliphatic rings. The Hall–Kier alpha value is -1.10. The third kappa shape index (κ3) is 4.00. The number of hydrogen-bond acceptors (Lipinski definition) is 3. The molecule has 0 unspecified atom stereocenters. The van der Waals surface area contributed by atoms with Crippen LogP contribution in [-0.2, 0) is 11.3 Å². The Balaban J connectivity index is 1.39. The number of halogens is 1. The van der Waals surface area contributed by atoms with E-state index in [-0.39, 0.29) is 11.8 Å². The molecule has 1 aromatic carbocycles. The summed E-state index contributed by atoms with van der Waals surface area (Å²) in [6.07, 6.45) is 2.29. The van der Waals surface area contributed by atoms with Crippen molar-refractivity contribution < 1.29 is 4.79 Å². The second kappa shape index (κ2) is 7.44. The minimum absolute atomic E-state index is 0.195. The first-order chi connectivity index (χ1) is 10.7. The highest BCUT2D eigenvalue weighted by Gasteiger charge is 2.26. The molecule has 0 aliphatic carbocycles. The van der Waals surface area contributed by atoms with Crippen molar-refractivity contribution >= 4 is 17.5 Å². The summed E-state index contributed by atoms with van der Waals surface area (Å²) >= 11 is 6.23. The van der Waals surface area contributed by atoms with Crippen LogP contribution in [0, 0.1) is 11.8 Å². The van der Waals surface area contributed by atoms with Crippen LogP contribution in [-0.4, -0.2) is 43.5 Å². The fourth-order valence-corrected chi connectivity index (χ4v) is 3.28. The van der Waals surface area contributed by atoms with Gasteiger partial charge in [0.2, 0.25) is 5.91 Å². The lowest BCUT2D eigenvalue weighted by Gasteiger charge is -2.33. The maximum atomic E-state index is 11.8. The van der Waals surface area contributed by atoms with Crippen molar-refractivity contribution in [1.29, 1.82) is 0 Å². The molecule has 2 fully saturated rings. The predicted molar refractivity (Wildman–Crippen MR) is 88.8 cm³/mol. The Labute approximate surface area is 137 Å². The Morgan fingerprint density at radius 3 is 2.64 bits per heavy atom. The zero-order valence-corrected chi connectivity index (χ0v) is 13.6. The molecule has 1 amide bonds. The zero-order valence-electron chi connectivity index (χ0n) is 12.9. The molecule has 2 aliphatic heterocycles. The number of carbonyl (C=O) groups excluding carboxylic acids is 1. The van der Waals surface area contributed by atoms with Crippen LogP contribution in [0.1, 0.15) is 18.4 Å². The zero-order chi connectivity index (χ0) is 15.4. The van der Waals surface area contributed by atoms with Crippen molar-refractivity contribution in [3.05, 3.63) is 34.9 Å². The number of likely N-dealkylation sites (tertiary alicyclic amines) is 1. The van der Waals surface area contributed by atoms with Gasteiger partial charge in [-0.3, -0.25) is 9.69 Å². The molecule has 0 aromatic heterocycles. The van der Waals surface area contributed by atoms with E-state index in [1.165, 1.54) is 5.56 Å². The Bertz CT molecular complexity index is 510. The van der Waals surface area contributed by atoms with E-state index in [1.807, 2.05) is 18.2 Å². The Kier molecular flexibility index (Phi) is 5.34. The van der Waals surface area contributed by atoms with Gasteiger partial charge >= 0.3 is 0 Å². The van der Waals surface area contributed by atoms with Crippen LogP contribution in [0.3, 0.4) is 0 Å². The highest BCUT2D eigenvalue weighted by molar-refractivity contribution is 6.31. The summed E-state index contributed by atoms with van der Waals surface area (Å²) < 4.78 is 0. The number of amides is 1. The predicted octanol–water partition coefficient (Wildman–Crippen LogP) is 1.89. The molecular formula is C17H24ClN3O. The van der Waals surface area contributed by atoms with Gasteiger partial charge in [0.15, 0.2) is 0 Å². The molecule has 0 bridgehead atoms. The van der Waals surface area contributed by atoms with Gasteiger partial charge in [0, 0.05) is 31.2 Å². The summed E-state index contributed by atoms with van der Waals surface area (Å²) in [5.41, 5.74) is 1.20. The first-order valence-corrected chi connectivity index (χ1v) is 8.54. The van der Waals surface area contributed by atoms with Gasteiger partial charge < -0.3 is 10.6 Å². The van der Waals surface area contributed by atoms with Crippen molar-refractivity contribution in [2.75, 3.05) is 32.7 Å². The summed E-state index contributed by atoms with van der Waals surface area (Å²) in [4.78, 5) is 14.3. The summed E-state index contributed by atoms with van der Waals surface area (Å²) in [5.74, 6) is 1.03. The number of rotatable bonds is 5. The van der Waals surface area contributed by atoms with Crippen LogP contribution >= 0.6 is 11.6 Å². The van der Waals surface area contributed by atoms with E-state index in [1.54, 1.807) is 0 Å². The van der Waals surface area contributed by atoms with Gasteiger partial charge in [-0.1, -0.05) is 29.8 Å². The normalized spacial score (nSPS) is 20.6. The Morgan fingerprint density at radius 2 is 2.00 bits per heavy atom. The maximum absolute atomic E-state index is 11.8. The molecular weight excluding hydrogens is 298 g/mol. The molecule has 4 nitrogen and oxygen atoms in total. The van der Waals surface area contributed by atoms with Gasteiger partial charge in [-0.2, -0.15) is 0 Å². The number of nitrogens with zero attached hydrogens (tertiary/aromatic N) is 1. The van der Waals surface area contributed by atoms with Crippen LogP contribution in [0.5, 0.6) is 0 Å². The van der Waals surface area contributed by atoms with Crippen molar-refractivity contribution in [3.63, 3.8) is 0 Å². The number of nitrogens with one attached hydrogen (secondary N) is 2. The smallest absolute Gasteiger partial charge is 0.225 e. The number of benzene rings is 1. The first kappa shape index (κ1) is 15.8. The van der Waals surface area contributed by atoms with Crippen LogP contribution < -0.4 is 10.6 Å². The van der Waals surface area contributed by atoms with Gasteiger partial charge in [0.25, 0.3) is 0 Å². The minimum atomic E-state index is 0.195. The second-order valence-electron chi connectivity index (χ2n) is 6.41. The average molecular weight is 322 g/mol. The molecule has 1 aromatic rings. The largest absolute Gasteiger partial charge is 0.356 e. The van der Waals surface area contributed by atoms with E-state index < -0.39 is 0 Å². The molecule has 0 atom stereocenters. The monoisotopic (exact) mass is 321 g/mol. The lowest BCUT2D eigenvalue weighted by molar-refractivity contribution is -0.126. The quantitative estimate of drug-likeness (QED) is 0.870. The molecule has 2 N–H and O–H groups in total. The maximum Gasteiger partial charge on any atom is 0.225 e. The molecule has 5 heteroatoms. The standard InChI is InChI=1S/C17H24ClN3O/c18-16-4-2-1-3-14(16)12-21-7-5-13(6-8-21)9-20-17(22)15-10-19-11-15/h1-4,13,15,19H,5-12H2,(H,20,22). The van der Waals surface area contributed by atoms with Gasteiger partial charge in [-0.15, -0.1) is 0 Å². The van der Waals surface area contributed by atoms with Crippen LogP contribution in [0.15, 0.2) is 24.3 Å². The Morgan fingerprint density at radius 1 is 1.27 bits per heavy atom. The SMILES string of the molecule is O=C(NCC1CCN(Cc2ccccc2Cl)CC1)C1CNC1. The highest BCUT2D eigenvalue weighted by Crippen LogP contribution is 2.22. The highest BCUT2D eigenvalue weighted by atomic mass is 35.5. The van der Waals surface area contributed by atoms with E-state index in [2.05, 4.69) is 21.6 Å². The van der Waals surface area contributed by atoms with E-state index >= 15 is 0 Å². The molecule has 120 valence electrons. The van der Waals surface area contributed by atoms with Crippen molar-refractivity contribution in [1.82, 2.24) is 15.5 Å². The summed E-state index contributed by atoms with van der Waals surface area (Å²) in [5, 5.41) is 7.10. The van der Waals surface area contributed by atoms with Crippen LogP contribution in [0.2, 0.25) is 5.02 Å². The van der Waals surface area contributed by atoms with Crippen LogP contribution in [0.4, 0.5) is 0 Å². The fourth-order valence-electron chi connectivity index (χ4n) is 3.08. The molecule has 22 heavy (non-hydrogen) atoms. The molecule has 2 saturated heterocycles. The molecule has 3 rings (SSSR count). The minimum Gasteiger partial charge on any atom is -0.356 e. The van der Waals surface area contributed by atoms with E-state index in [0.717, 1.165) is 57.1 Å². The lowest BCUT2D eigenvalue weighted by Crippen LogP contribution is -2.51. The van der Waals surface area contributed by atoms with E-state index in [0.29, 0.717) is 5.92 Å². The molecule has 0 radical (unpaired) electrons. The lowest BCUT2D eigenvalue weighted by atomic mass is 9.95. The topological polar surface area (TPSA) is 44.4 Å². The summed E-state index contributed by atoms with van der Waals surface area (Å²) in [7, 11) is 0. The van der Waals surface area contributed by atoms with E-state index in [4.69, 9.17) is 11.6 Å². The number of piperidine rings is 1. The molecule has 0 saturated carbocycles. The van der Waals surface area contributed by atoms with Gasteiger partial charge in [0.1, 0.15) is 0 Å². The van der Waals surface area contributed by atoms with Crippen molar-refractivity contribution in [2.45, 2.75) is 19.4 Å². The fraction of sp³-hybridized carbons (Fsp3) is 0.588. The molecule has 0 spiro atoms. The third-order valence-corrected chi connectivity index (χ3v) is 5.14. The van der Waals surface area contributed by atoms with Crippen molar-refractivity contribution in [3.8, 4) is 0 Å². The number of carbonyl (C=O) groups is 1. The van der Waals surface area contributed by atoms with Crippen LogP contribution in [0.25, 0.3) is 0 Å². The summed E-state index contributed by atoms with van der Waals surface area (Å²) in [6.45, 7) is 5.58. The van der Waals surface area contributed by atoms with Crippen molar-refractivity contribution in [2.24, 2.45) is 11.8 Å². The third-order valence-electron chi connectivity index (χ3n) is 4.78. The number of hydrogen-bond donors (Lipinski definition) is 2. The van der Waals surface area contributed by atoms with Gasteiger partial charge in [0.05, 0.1) is 5.92 Å². The van der Waals surface area contributed by atoms with Gasteiger partial charge in [-0.25, -0.2) is 0 Å². The molecule has 2 heterocycles. The van der Waals surface area contributed by atoms with E-state index in [9.17, 15) is 4.79 Å². The first-order valence-electron chi connectivity index (χ1n) is 8.16.